The molecule has 0 aromatic carbocycles. The van der Waals surface area contributed by atoms with Gasteiger partial charge in [0.25, 0.3) is 0 Å². The van der Waals surface area contributed by atoms with Crippen molar-refractivity contribution in [3.05, 3.63) is 26.9 Å². The Labute approximate surface area is 159 Å². The lowest BCUT2D eigenvalue weighted by Crippen LogP contribution is -1.89. The van der Waals surface area contributed by atoms with Crippen LogP contribution in [0.1, 0.15) is 38.5 Å². The van der Waals surface area contributed by atoms with Gasteiger partial charge in [0.1, 0.15) is 0 Å². The Morgan fingerprint density at radius 1 is 0.444 bits per heavy atom. The molecule has 0 aromatic rings. The van der Waals surface area contributed by atoms with Crippen LogP contribution in [0.25, 0.3) is 0 Å². The summed E-state index contributed by atoms with van der Waals surface area (Å²) >= 11 is 21.8. The quantitative estimate of drug-likeness (QED) is 0.251. The van der Waals surface area contributed by atoms with Crippen LogP contribution in [0.3, 0.4) is 0 Å². The van der Waals surface area contributed by atoms with Crippen LogP contribution >= 0.6 is 95.6 Å². The summed E-state index contributed by atoms with van der Waals surface area (Å²) in [6, 6.07) is 0. The first-order valence-electron chi connectivity index (χ1n) is 5.59. The molecular weight excluding hydrogens is 624 g/mol. The fraction of sp³-hybridized carbons (Fsp3) is 0.500. The molecule has 6 heteroatoms. The van der Waals surface area contributed by atoms with E-state index in [4.69, 9.17) is 0 Å². The highest BCUT2D eigenvalue weighted by molar-refractivity contribution is 9.18. The van der Waals surface area contributed by atoms with E-state index >= 15 is 0 Å². The van der Waals surface area contributed by atoms with Crippen LogP contribution in [-0.2, 0) is 0 Å². The Morgan fingerprint density at radius 2 is 0.778 bits per heavy atom. The van der Waals surface area contributed by atoms with Crippen molar-refractivity contribution < 1.29 is 0 Å². The first-order chi connectivity index (χ1) is 8.45. The maximum Gasteiger partial charge on any atom is 0.0479 e. The Balaban J connectivity index is 3.19. The molecule has 0 atom stereocenters. The van der Waals surface area contributed by atoms with Gasteiger partial charge in [-0.05, 0) is 89.4 Å². The molecule has 102 valence electrons. The molecular formula is C12H12Br6. The summed E-state index contributed by atoms with van der Waals surface area (Å²) in [4.78, 5) is 0. The van der Waals surface area contributed by atoms with Gasteiger partial charge in [0.15, 0.2) is 0 Å². The van der Waals surface area contributed by atoms with E-state index in [9.17, 15) is 0 Å². The highest BCUT2D eigenvalue weighted by atomic mass is 79.9. The average molecular weight is 636 g/mol. The van der Waals surface area contributed by atoms with Crippen molar-refractivity contribution in [2.24, 2.45) is 0 Å². The molecule has 0 aliphatic heterocycles. The first-order valence-corrected chi connectivity index (χ1v) is 10.3. The zero-order chi connectivity index (χ0) is 13.7. The smallest absolute Gasteiger partial charge is 0.0479 e. The molecule has 0 nitrogen and oxygen atoms in total. The van der Waals surface area contributed by atoms with Crippen LogP contribution in [0.2, 0.25) is 0 Å². The normalized spacial score (nSPS) is 33.0. The summed E-state index contributed by atoms with van der Waals surface area (Å²) in [6.45, 7) is 0. The van der Waals surface area contributed by atoms with Gasteiger partial charge >= 0.3 is 0 Å². The molecule has 18 heavy (non-hydrogen) atoms. The molecule has 1 rings (SSSR count). The lowest BCUT2D eigenvalue weighted by molar-refractivity contribution is 0.649. The van der Waals surface area contributed by atoms with E-state index in [0.717, 1.165) is 30.8 Å². The standard InChI is InChI=1S/C12H12Br6/c13-7-5-3-1-2-4-6-8(14)10(16)12(18)11(17)9(7)15/h1-6H2/b9-7+,10-8+,12-11-. The maximum atomic E-state index is 3.65. The minimum absolute atomic E-state index is 1.01. The van der Waals surface area contributed by atoms with Gasteiger partial charge in [-0.3, -0.25) is 0 Å². The highest BCUT2D eigenvalue weighted by Gasteiger charge is 2.14. The number of halogens is 6. The molecule has 0 saturated carbocycles. The second-order valence-corrected chi connectivity index (χ2v) is 9.07. The van der Waals surface area contributed by atoms with Crippen molar-refractivity contribution in [3.8, 4) is 0 Å². The number of hydrogen-bond acceptors (Lipinski definition) is 0. The molecule has 0 amide bonds. The molecule has 0 saturated heterocycles. The van der Waals surface area contributed by atoms with Crippen molar-refractivity contribution >= 4 is 95.6 Å². The minimum Gasteiger partial charge on any atom is -0.0544 e. The topological polar surface area (TPSA) is 0 Å². The SMILES string of the molecule is BrC1=C(Br)/C(Br)=C(\Br)CCCCCC\C(Br)=C\1Br. The van der Waals surface area contributed by atoms with Crippen LogP contribution in [-0.4, -0.2) is 0 Å². The van der Waals surface area contributed by atoms with Gasteiger partial charge in [-0.2, -0.15) is 0 Å². The van der Waals surface area contributed by atoms with E-state index in [-0.39, 0.29) is 0 Å². The zero-order valence-electron chi connectivity index (χ0n) is 9.51. The van der Waals surface area contributed by atoms with Gasteiger partial charge in [0.2, 0.25) is 0 Å². The summed E-state index contributed by atoms with van der Waals surface area (Å²) in [7, 11) is 0. The molecule has 0 bridgehead atoms. The fourth-order valence-corrected chi connectivity index (χ4v) is 5.25. The highest BCUT2D eigenvalue weighted by Crippen LogP contribution is 2.42. The lowest BCUT2D eigenvalue weighted by atomic mass is 10.1. The summed E-state index contributed by atoms with van der Waals surface area (Å²) in [6.07, 6.45) is 7.12. The molecule has 0 radical (unpaired) electrons. The number of hydrogen-bond donors (Lipinski definition) is 0. The van der Waals surface area contributed by atoms with Crippen molar-refractivity contribution in [1.82, 2.24) is 0 Å². The van der Waals surface area contributed by atoms with Crippen LogP contribution < -0.4 is 0 Å². The lowest BCUT2D eigenvalue weighted by Gasteiger charge is -2.11. The van der Waals surface area contributed by atoms with E-state index in [2.05, 4.69) is 95.6 Å². The molecule has 1 aliphatic rings. The molecule has 0 spiro atoms. The Bertz CT molecular complexity index is 367. The molecule has 0 unspecified atom stereocenters. The van der Waals surface area contributed by atoms with Gasteiger partial charge < -0.3 is 0 Å². The number of allylic oxidation sites excluding steroid dienone is 6. The Morgan fingerprint density at radius 3 is 1.11 bits per heavy atom. The maximum absolute atomic E-state index is 3.65. The second-order valence-electron chi connectivity index (χ2n) is 3.98. The van der Waals surface area contributed by atoms with E-state index in [1.807, 2.05) is 0 Å². The molecule has 1 aliphatic carbocycles. The van der Waals surface area contributed by atoms with E-state index in [0.29, 0.717) is 0 Å². The van der Waals surface area contributed by atoms with Gasteiger partial charge in [-0.15, -0.1) is 0 Å². The molecule has 0 aromatic heterocycles. The monoisotopic (exact) mass is 630 g/mol. The molecule has 0 N–H and O–H groups in total. The van der Waals surface area contributed by atoms with Crippen LogP contribution in [0.15, 0.2) is 26.9 Å². The van der Waals surface area contributed by atoms with Crippen molar-refractivity contribution in [2.75, 3.05) is 0 Å². The fourth-order valence-electron chi connectivity index (χ4n) is 1.56. The minimum atomic E-state index is 1.01. The summed E-state index contributed by atoms with van der Waals surface area (Å²) < 4.78 is 6.54. The van der Waals surface area contributed by atoms with Crippen molar-refractivity contribution in [2.45, 2.75) is 38.5 Å². The third-order valence-electron chi connectivity index (χ3n) is 2.60. The predicted molar refractivity (Wildman–Crippen MR) is 102 cm³/mol. The summed E-state index contributed by atoms with van der Waals surface area (Å²) in [5.74, 6) is 0. The van der Waals surface area contributed by atoms with Crippen molar-refractivity contribution in [3.63, 3.8) is 0 Å². The third kappa shape index (κ3) is 5.47. The van der Waals surface area contributed by atoms with Gasteiger partial charge in [0.05, 0.1) is 0 Å². The third-order valence-corrected chi connectivity index (χ3v) is 10.2. The first kappa shape index (κ1) is 18.1. The van der Waals surface area contributed by atoms with Gasteiger partial charge in [-0.25, -0.2) is 0 Å². The summed E-state index contributed by atoms with van der Waals surface area (Å²) in [5, 5.41) is 0. The zero-order valence-corrected chi connectivity index (χ0v) is 19.0. The van der Waals surface area contributed by atoms with Crippen LogP contribution in [0, 0.1) is 0 Å². The second kappa shape index (κ2) is 9.19. The molecule has 0 fully saturated rings. The average Bonchev–Trinajstić information content (AvgIpc) is 2.37. The molecule has 0 heterocycles. The largest absolute Gasteiger partial charge is 0.0544 e. The van der Waals surface area contributed by atoms with Gasteiger partial charge in [-0.1, -0.05) is 44.7 Å². The number of rotatable bonds is 0. The van der Waals surface area contributed by atoms with E-state index in [1.165, 1.54) is 34.6 Å². The van der Waals surface area contributed by atoms with E-state index < -0.39 is 0 Å². The summed E-state index contributed by atoms with van der Waals surface area (Å²) in [5.41, 5.74) is 0. The predicted octanol–water partition coefficient (Wildman–Crippen LogP) is 8.34. The Hall–Kier alpha value is 2.10. The van der Waals surface area contributed by atoms with Crippen LogP contribution in [0.5, 0.6) is 0 Å². The van der Waals surface area contributed by atoms with Gasteiger partial charge in [0, 0.05) is 26.9 Å². The Kier molecular flexibility index (Phi) is 9.26. The van der Waals surface area contributed by atoms with Crippen LogP contribution in [0.4, 0.5) is 0 Å². The van der Waals surface area contributed by atoms with Crippen molar-refractivity contribution in [1.29, 1.82) is 0 Å². The van der Waals surface area contributed by atoms with E-state index in [1.54, 1.807) is 0 Å².